The molecule has 1 rings (SSSR count). The third-order valence-electron chi connectivity index (χ3n) is 2.25. The van der Waals surface area contributed by atoms with Crippen molar-refractivity contribution in [3.63, 3.8) is 0 Å². The fraction of sp³-hybridized carbons (Fsp3) is 0.250. The van der Waals surface area contributed by atoms with Crippen LogP contribution in [0.5, 0.6) is 5.75 Å². The van der Waals surface area contributed by atoms with E-state index >= 15 is 0 Å². The van der Waals surface area contributed by atoms with E-state index < -0.39 is 37.5 Å². The number of carbonyl (C=O) groups is 3. The summed E-state index contributed by atoms with van der Waals surface area (Å²) in [6.07, 6.45) is 0. The molecule has 0 aliphatic rings. The van der Waals surface area contributed by atoms with Crippen LogP contribution in [0.1, 0.15) is 0 Å². The first-order valence-corrected chi connectivity index (χ1v) is 6.34. The first-order chi connectivity index (χ1) is 9.79. The van der Waals surface area contributed by atoms with Gasteiger partial charge in [0.25, 0.3) is 5.91 Å². The molecule has 0 unspecified atom stereocenters. The number of nitrogens with zero attached hydrogens (tertiary/aromatic N) is 1. The predicted octanol–water partition coefficient (Wildman–Crippen LogP) is 1.37. The van der Waals surface area contributed by atoms with E-state index in [1.165, 1.54) is 18.2 Å². The number of rotatable bonds is 7. The molecule has 0 aliphatic carbocycles. The van der Waals surface area contributed by atoms with E-state index in [9.17, 15) is 14.4 Å². The summed E-state index contributed by atoms with van der Waals surface area (Å²) in [6, 6.07) is 4.38. The van der Waals surface area contributed by atoms with Gasteiger partial charge < -0.3 is 19.8 Å². The van der Waals surface area contributed by atoms with Crippen molar-refractivity contribution in [3.8, 4) is 5.75 Å². The monoisotopic (exact) mass is 335 g/mol. The van der Waals surface area contributed by atoms with Gasteiger partial charge in [-0.1, -0.05) is 23.2 Å². The summed E-state index contributed by atoms with van der Waals surface area (Å²) < 4.78 is 5.13. The van der Waals surface area contributed by atoms with Crippen molar-refractivity contribution in [2.24, 2.45) is 0 Å². The fourth-order valence-corrected chi connectivity index (χ4v) is 1.71. The maximum atomic E-state index is 11.8. The van der Waals surface area contributed by atoms with Gasteiger partial charge in [-0.3, -0.25) is 14.4 Å². The van der Waals surface area contributed by atoms with Crippen LogP contribution in [-0.2, 0) is 14.4 Å². The molecule has 0 aliphatic heterocycles. The Kier molecular flexibility index (Phi) is 6.26. The van der Waals surface area contributed by atoms with Crippen molar-refractivity contribution in [1.82, 2.24) is 4.90 Å². The molecule has 114 valence electrons. The Morgan fingerprint density at radius 2 is 1.67 bits per heavy atom. The van der Waals surface area contributed by atoms with Crippen molar-refractivity contribution in [2.45, 2.75) is 0 Å². The highest BCUT2D eigenvalue weighted by atomic mass is 35.5. The number of hydrogen-bond acceptors (Lipinski definition) is 4. The summed E-state index contributed by atoms with van der Waals surface area (Å²) in [4.78, 5) is 33.6. The molecule has 7 nitrogen and oxygen atoms in total. The average Bonchev–Trinajstić information content (AvgIpc) is 2.37. The van der Waals surface area contributed by atoms with Gasteiger partial charge in [-0.25, -0.2) is 0 Å². The van der Waals surface area contributed by atoms with E-state index in [0.29, 0.717) is 9.92 Å². The van der Waals surface area contributed by atoms with Crippen LogP contribution in [0.3, 0.4) is 0 Å². The lowest BCUT2D eigenvalue weighted by Gasteiger charge is -2.18. The molecule has 0 heterocycles. The summed E-state index contributed by atoms with van der Waals surface area (Å²) in [7, 11) is 0. The van der Waals surface area contributed by atoms with Crippen molar-refractivity contribution in [3.05, 3.63) is 28.2 Å². The first-order valence-electron chi connectivity index (χ1n) is 5.59. The molecular formula is C12H11Cl2NO6. The lowest BCUT2D eigenvalue weighted by Crippen LogP contribution is -2.41. The van der Waals surface area contributed by atoms with E-state index in [0.717, 1.165) is 0 Å². The number of hydrogen-bond donors (Lipinski definition) is 2. The van der Waals surface area contributed by atoms with E-state index in [-0.39, 0.29) is 10.8 Å². The largest absolute Gasteiger partial charge is 0.482 e. The molecule has 0 fully saturated rings. The van der Waals surface area contributed by atoms with Gasteiger partial charge in [0.2, 0.25) is 0 Å². The normalized spacial score (nSPS) is 10.0. The Balaban J connectivity index is 2.70. The Labute approximate surface area is 129 Å². The number of ether oxygens (including phenoxy) is 1. The number of carboxylic acids is 2. The second-order valence-electron chi connectivity index (χ2n) is 3.90. The van der Waals surface area contributed by atoms with Gasteiger partial charge in [-0.15, -0.1) is 0 Å². The summed E-state index contributed by atoms with van der Waals surface area (Å²) in [5.41, 5.74) is 0. The average molecular weight is 336 g/mol. The Morgan fingerprint density at radius 1 is 1.10 bits per heavy atom. The highest BCUT2D eigenvalue weighted by molar-refractivity contribution is 6.34. The van der Waals surface area contributed by atoms with Crippen LogP contribution < -0.4 is 4.74 Å². The summed E-state index contributed by atoms with van der Waals surface area (Å²) in [6.45, 7) is -2.03. The van der Waals surface area contributed by atoms with Crippen LogP contribution in [0.2, 0.25) is 10.0 Å². The molecule has 0 atom stereocenters. The third kappa shape index (κ3) is 5.88. The molecule has 1 aromatic rings. The fourth-order valence-electron chi connectivity index (χ4n) is 1.38. The lowest BCUT2D eigenvalue weighted by atomic mass is 10.3. The minimum absolute atomic E-state index is 0.142. The van der Waals surface area contributed by atoms with Crippen LogP contribution >= 0.6 is 23.2 Å². The standard InChI is InChI=1S/C12H11Cl2NO6/c13-7-1-2-8(14)9(3-7)21-6-10(16)15(4-11(17)18)5-12(19)20/h1-3H,4-6H2,(H,17,18)(H,19,20). The Hall–Kier alpha value is -1.99. The maximum absolute atomic E-state index is 11.8. The lowest BCUT2D eigenvalue weighted by molar-refractivity contribution is -0.150. The minimum atomic E-state index is -1.33. The van der Waals surface area contributed by atoms with Crippen molar-refractivity contribution in [1.29, 1.82) is 0 Å². The number of benzene rings is 1. The van der Waals surface area contributed by atoms with Gasteiger partial charge in [0.05, 0.1) is 5.02 Å². The van der Waals surface area contributed by atoms with Crippen LogP contribution in [0.25, 0.3) is 0 Å². The molecular weight excluding hydrogens is 325 g/mol. The predicted molar refractivity (Wildman–Crippen MR) is 73.8 cm³/mol. The van der Waals surface area contributed by atoms with Gasteiger partial charge in [0, 0.05) is 11.1 Å². The minimum Gasteiger partial charge on any atom is -0.482 e. The molecule has 0 bridgehead atoms. The van der Waals surface area contributed by atoms with Crippen molar-refractivity contribution in [2.75, 3.05) is 19.7 Å². The number of carboxylic acid groups (broad SMARTS) is 2. The summed E-state index contributed by atoms with van der Waals surface area (Å²) in [5, 5.41) is 17.9. The zero-order chi connectivity index (χ0) is 16.0. The molecule has 0 saturated carbocycles. The summed E-state index contributed by atoms with van der Waals surface area (Å²) >= 11 is 11.6. The topological polar surface area (TPSA) is 104 Å². The maximum Gasteiger partial charge on any atom is 0.323 e. The number of aliphatic carboxylic acids is 2. The molecule has 2 N–H and O–H groups in total. The van der Waals surface area contributed by atoms with Gasteiger partial charge in [-0.05, 0) is 12.1 Å². The van der Waals surface area contributed by atoms with Gasteiger partial charge >= 0.3 is 11.9 Å². The molecule has 0 spiro atoms. The molecule has 1 amide bonds. The highest BCUT2D eigenvalue weighted by Crippen LogP contribution is 2.27. The van der Waals surface area contributed by atoms with Gasteiger partial charge in [-0.2, -0.15) is 0 Å². The van der Waals surface area contributed by atoms with Gasteiger partial charge in [0.1, 0.15) is 18.8 Å². The number of halogens is 2. The van der Waals surface area contributed by atoms with E-state index in [4.69, 9.17) is 38.2 Å². The Bertz CT molecular complexity index is 547. The van der Waals surface area contributed by atoms with E-state index in [1.54, 1.807) is 0 Å². The second-order valence-corrected chi connectivity index (χ2v) is 4.74. The quantitative estimate of drug-likeness (QED) is 0.779. The molecule has 9 heteroatoms. The van der Waals surface area contributed by atoms with Crippen molar-refractivity contribution >= 4 is 41.0 Å². The molecule has 0 radical (unpaired) electrons. The third-order valence-corrected chi connectivity index (χ3v) is 2.80. The van der Waals surface area contributed by atoms with Crippen LogP contribution in [-0.4, -0.2) is 52.7 Å². The zero-order valence-electron chi connectivity index (χ0n) is 10.6. The molecule has 21 heavy (non-hydrogen) atoms. The molecule has 0 aromatic heterocycles. The van der Waals surface area contributed by atoms with Crippen molar-refractivity contribution < 1.29 is 29.3 Å². The zero-order valence-corrected chi connectivity index (χ0v) is 12.1. The first kappa shape index (κ1) is 17.1. The van der Waals surface area contributed by atoms with Gasteiger partial charge in [0.15, 0.2) is 6.61 Å². The van der Waals surface area contributed by atoms with E-state index in [2.05, 4.69) is 0 Å². The second kappa shape index (κ2) is 7.70. The molecule has 0 saturated heterocycles. The smallest absolute Gasteiger partial charge is 0.323 e. The van der Waals surface area contributed by atoms with Crippen LogP contribution in [0.15, 0.2) is 18.2 Å². The van der Waals surface area contributed by atoms with E-state index in [1.807, 2.05) is 0 Å². The molecule has 1 aromatic carbocycles. The summed E-state index contributed by atoms with van der Waals surface area (Å²) in [5.74, 6) is -3.31. The number of amides is 1. The highest BCUT2D eigenvalue weighted by Gasteiger charge is 2.20. The Morgan fingerprint density at radius 3 is 2.19 bits per heavy atom. The SMILES string of the molecule is O=C(O)CN(CC(=O)O)C(=O)COc1cc(Cl)ccc1Cl. The van der Waals surface area contributed by atoms with Crippen LogP contribution in [0, 0.1) is 0 Å². The number of carbonyl (C=O) groups excluding carboxylic acids is 1. The van der Waals surface area contributed by atoms with Crippen LogP contribution in [0.4, 0.5) is 0 Å².